The van der Waals surface area contributed by atoms with Crippen LogP contribution in [-0.4, -0.2) is 68.1 Å². The van der Waals surface area contributed by atoms with Gasteiger partial charge in [-0.1, -0.05) is 0 Å². The number of aliphatic hydroxyl groups is 1. The molecular weight excluding hydrogens is 244 g/mol. The smallest absolute Gasteiger partial charge is 0.281 e. The average Bonchev–Trinajstić information content (AvgIpc) is 2.70. The Morgan fingerprint density at radius 2 is 2.06 bits per heavy atom. The van der Waals surface area contributed by atoms with E-state index in [4.69, 9.17) is 9.84 Å². The molecule has 1 rings (SSSR count). The van der Waals surface area contributed by atoms with E-state index in [0.29, 0.717) is 19.6 Å². The number of likely N-dealkylation sites (N-methyl/N-ethyl adjacent to an activating group) is 1. The fourth-order valence-electron chi connectivity index (χ4n) is 2.00. The quantitative estimate of drug-likeness (QED) is 0.714. The molecule has 0 spiro atoms. The summed E-state index contributed by atoms with van der Waals surface area (Å²) in [7, 11) is -0.338. The van der Waals surface area contributed by atoms with Crippen molar-refractivity contribution in [2.45, 2.75) is 31.9 Å². The van der Waals surface area contributed by atoms with E-state index in [0.717, 1.165) is 6.42 Å². The molecule has 7 heteroatoms. The summed E-state index contributed by atoms with van der Waals surface area (Å²) in [6.45, 7) is 2.81. The third-order valence-corrected chi connectivity index (χ3v) is 5.16. The first kappa shape index (κ1) is 14.8. The zero-order chi connectivity index (χ0) is 13.1. The predicted molar refractivity (Wildman–Crippen MR) is 64.8 cm³/mol. The molecule has 2 unspecified atom stereocenters. The normalized spacial score (nSPS) is 26.0. The van der Waals surface area contributed by atoms with Gasteiger partial charge in [0, 0.05) is 33.9 Å². The molecule has 2 atom stereocenters. The van der Waals surface area contributed by atoms with Crippen molar-refractivity contribution in [1.82, 2.24) is 8.61 Å². The first-order valence-corrected chi connectivity index (χ1v) is 7.22. The van der Waals surface area contributed by atoms with Gasteiger partial charge in [0.25, 0.3) is 10.2 Å². The topological polar surface area (TPSA) is 70.1 Å². The fourth-order valence-corrected chi connectivity index (χ4v) is 3.42. The first-order chi connectivity index (χ1) is 7.91. The predicted octanol–water partition coefficient (Wildman–Crippen LogP) is -0.345. The second-order valence-electron chi connectivity index (χ2n) is 4.35. The molecule has 1 N–H and O–H groups in total. The summed E-state index contributed by atoms with van der Waals surface area (Å²) in [5.74, 6) is 0. The summed E-state index contributed by atoms with van der Waals surface area (Å²) in [6.07, 6.45) is 1.10. The lowest BCUT2D eigenvalue weighted by Gasteiger charge is -2.30. The molecule has 1 fully saturated rings. The standard InChI is InChI=1S/C10H22N2O4S/c1-9-10(5-8-16-9)12(3)17(14,15)11(2)6-4-7-13/h9-10,13H,4-8H2,1-3H3. The Morgan fingerprint density at radius 3 is 2.53 bits per heavy atom. The summed E-state index contributed by atoms with van der Waals surface area (Å²) in [5, 5.41) is 8.72. The van der Waals surface area contributed by atoms with Crippen LogP contribution in [0.25, 0.3) is 0 Å². The van der Waals surface area contributed by atoms with Crippen LogP contribution in [-0.2, 0) is 14.9 Å². The zero-order valence-corrected chi connectivity index (χ0v) is 11.5. The van der Waals surface area contributed by atoms with Crippen molar-refractivity contribution in [3.63, 3.8) is 0 Å². The molecule has 102 valence electrons. The van der Waals surface area contributed by atoms with Crippen LogP contribution in [0, 0.1) is 0 Å². The molecule has 0 amide bonds. The Morgan fingerprint density at radius 1 is 1.41 bits per heavy atom. The van der Waals surface area contributed by atoms with Crippen molar-refractivity contribution in [1.29, 1.82) is 0 Å². The van der Waals surface area contributed by atoms with Gasteiger partial charge >= 0.3 is 0 Å². The SMILES string of the molecule is CC1OCCC1N(C)S(=O)(=O)N(C)CCCO. The highest BCUT2D eigenvalue weighted by atomic mass is 32.2. The van der Waals surface area contributed by atoms with E-state index < -0.39 is 10.2 Å². The zero-order valence-electron chi connectivity index (χ0n) is 10.7. The Bertz CT molecular complexity index is 333. The van der Waals surface area contributed by atoms with E-state index in [1.807, 2.05) is 6.92 Å². The Balaban J connectivity index is 2.68. The monoisotopic (exact) mass is 266 g/mol. The summed E-state index contributed by atoms with van der Waals surface area (Å²) < 4.78 is 32.4. The number of hydrogen-bond donors (Lipinski definition) is 1. The van der Waals surface area contributed by atoms with Crippen molar-refractivity contribution < 1.29 is 18.3 Å². The second-order valence-corrected chi connectivity index (χ2v) is 6.45. The molecule has 0 aliphatic carbocycles. The van der Waals surface area contributed by atoms with E-state index in [-0.39, 0.29) is 18.8 Å². The van der Waals surface area contributed by atoms with Gasteiger partial charge in [-0.2, -0.15) is 17.0 Å². The van der Waals surface area contributed by atoms with Gasteiger partial charge in [-0.3, -0.25) is 0 Å². The van der Waals surface area contributed by atoms with Crippen LogP contribution in [0.5, 0.6) is 0 Å². The van der Waals surface area contributed by atoms with E-state index in [1.54, 1.807) is 7.05 Å². The van der Waals surface area contributed by atoms with Crippen LogP contribution < -0.4 is 0 Å². The number of rotatable bonds is 6. The Labute approximate surface area is 103 Å². The molecular formula is C10H22N2O4S. The molecule has 1 saturated heterocycles. The highest BCUT2D eigenvalue weighted by Crippen LogP contribution is 2.21. The minimum absolute atomic E-state index is 0.00742. The summed E-state index contributed by atoms with van der Waals surface area (Å²) in [5.41, 5.74) is 0. The maximum atomic E-state index is 12.2. The first-order valence-electron chi connectivity index (χ1n) is 5.83. The molecule has 0 aromatic heterocycles. The maximum absolute atomic E-state index is 12.2. The van der Waals surface area contributed by atoms with Gasteiger partial charge in [0.05, 0.1) is 12.1 Å². The van der Waals surface area contributed by atoms with Gasteiger partial charge in [-0.05, 0) is 19.8 Å². The fraction of sp³-hybridized carbons (Fsp3) is 1.00. The van der Waals surface area contributed by atoms with Gasteiger partial charge in [0.2, 0.25) is 0 Å². The van der Waals surface area contributed by atoms with E-state index in [1.165, 1.54) is 15.7 Å². The van der Waals surface area contributed by atoms with Gasteiger partial charge < -0.3 is 9.84 Å². The molecule has 1 aliphatic heterocycles. The molecule has 0 radical (unpaired) electrons. The van der Waals surface area contributed by atoms with Gasteiger partial charge in [0.1, 0.15) is 0 Å². The number of nitrogens with zero attached hydrogens (tertiary/aromatic N) is 2. The van der Waals surface area contributed by atoms with Crippen molar-refractivity contribution in [2.75, 3.05) is 33.9 Å². The van der Waals surface area contributed by atoms with Crippen LogP contribution in [0.15, 0.2) is 0 Å². The van der Waals surface area contributed by atoms with Crippen LogP contribution in [0.2, 0.25) is 0 Å². The lowest BCUT2D eigenvalue weighted by molar-refractivity contribution is 0.101. The minimum atomic E-state index is -3.45. The molecule has 0 aromatic rings. The van der Waals surface area contributed by atoms with Crippen molar-refractivity contribution in [3.05, 3.63) is 0 Å². The van der Waals surface area contributed by atoms with Crippen LogP contribution in [0.1, 0.15) is 19.8 Å². The largest absolute Gasteiger partial charge is 0.396 e. The maximum Gasteiger partial charge on any atom is 0.281 e. The summed E-state index contributed by atoms with van der Waals surface area (Å²) in [6, 6.07) is -0.100. The van der Waals surface area contributed by atoms with Crippen LogP contribution in [0.4, 0.5) is 0 Å². The van der Waals surface area contributed by atoms with Gasteiger partial charge in [-0.25, -0.2) is 0 Å². The van der Waals surface area contributed by atoms with Crippen molar-refractivity contribution in [2.24, 2.45) is 0 Å². The van der Waals surface area contributed by atoms with Gasteiger partial charge in [0.15, 0.2) is 0 Å². The summed E-state index contributed by atoms with van der Waals surface area (Å²) >= 11 is 0. The molecule has 1 heterocycles. The Kier molecular flexibility index (Phi) is 5.33. The molecule has 0 bridgehead atoms. The highest BCUT2D eigenvalue weighted by Gasteiger charge is 2.36. The second kappa shape index (κ2) is 6.10. The highest BCUT2D eigenvalue weighted by molar-refractivity contribution is 7.86. The van der Waals surface area contributed by atoms with E-state index in [2.05, 4.69) is 0 Å². The number of ether oxygens (including phenoxy) is 1. The molecule has 17 heavy (non-hydrogen) atoms. The number of aliphatic hydroxyl groups excluding tert-OH is 1. The Hall–Kier alpha value is -0.210. The molecule has 0 aromatic carbocycles. The third-order valence-electron chi connectivity index (χ3n) is 3.19. The lowest BCUT2D eigenvalue weighted by Crippen LogP contribution is -2.47. The number of hydrogen-bond acceptors (Lipinski definition) is 4. The lowest BCUT2D eigenvalue weighted by atomic mass is 10.2. The van der Waals surface area contributed by atoms with Gasteiger partial charge in [-0.15, -0.1) is 0 Å². The van der Waals surface area contributed by atoms with Crippen LogP contribution in [0.3, 0.4) is 0 Å². The third kappa shape index (κ3) is 3.38. The van der Waals surface area contributed by atoms with Crippen molar-refractivity contribution >= 4 is 10.2 Å². The summed E-state index contributed by atoms with van der Waals surface area (Å²) in [4.78, 5) is 0. The molecule has 0 saturated carbocycles. The molecule has 1 aliphatic rings. The van der Waals surface area contributed by atoms with E-state index in [9.17, 15) is 8.42 Å². The van der Waals surface area contributed by atoms with E-state index >= 15 is 0 Å². The average molecular weight is 266 g/mol. The van der Waals surface area contributed by atoms with Crippen molar-refractivity contribution in [3.8, 4) is 0 Å². The minimum Gasteiger partial charge on any atom is -0.396 e. The molecule has 6 nitrogen and oxygen atoms in total. The van der Waals surface area contributed by atoms with Crippen LogP contribution >= 0.6 is 0 Å².